The fourth-order valence-electron chi connectivity index (χ4n) is 0.104. The Bertz CT molecular complexity index is 85.1. The molecule has 0 heterocycles. The van der Waals surface area contributed by atoms with Gasteiger partial charge in [0.1, 0.15) is 0 Å². The second-order valence-corrected chi connectivity index (χ2v) is 2.76. The summed E-state index contributed by atoms with van der Waals surface area (Å²) in [6.45, 7) is 0. The molecule has 0 bridgehead atoms. The Hall–Kier alpha value is 0.330. The van der Waals surface area contributed by atoms with Crippen LogP contribution < -0.4 is 0 Å². The van der Waals surface area contributed by atoms with Gasteiger partial charge in [-0.3, -0.25) is 0 Å². The summed E-state index contributed by atoms with van der Waals surface area (Å²) in [6, 6.07) is 0. The van der Waals surface area contributed by atoms with Crippen LogP contribution >= 0.6 is 23.2 Å². The van der Waals surface area contributed by atoms with Crippen molar-refractivity contribution in [1.29, 1.82) is 0 Å². The van der Waals surface area contributed by atoms with E-state index in [1.54, 1.807) is 0 Å². The van der Waals surface area contributed by atoms with E-state index in [0.717, 1.165) is 0 Å². The lowest BCUT2D eigenvalue weighted by molar-refractivity contribution is -0.0266. The highest BCUT2D eigenvalue weighted by molar-refractivity contribution is 6.49. The van der Waals surface area contributed by atoms with Crippen LogP contribution in [0.5, 0.6) is 0 Å². The van der Waals surface area contributed by atoms with E-state index in [4.69, 9.17) is 5.11 Å². The molecule has 0 aliphatic carbocycles. The van der Waals surface area contributed by atoms with Crippen LogP contribution in [-0.2, 0) is 0 Å². The summed E-state index contributed by atoms with van der Waals surface area (Å²) < 4.78 is 31.3. The number of hydrogen-bond donors (Lipinski definition) is 1. The molecule has 0 saturated heterocycles. The number of aliphatic hydroxyl groups excluding tert-OH is 1. The van der Waals surface area contributed by atoms with Crippen molar-refractivity contribution >= 4 is 23.2 Å². The highest BCUT2D eigenvalue weighted by atomic mass is 35.5. The van der Waals surface area contributed by atoms with Crippen LogP contribution in [0.3, 0.4) is 0 Å². The van der Waals surface area contributed by atoms with Gasteiger partial charge < -0.3 is 5.11 Å². The van der Waals surface area contributed by atoms with Crippen molar-refractivity contribution in [1.82, 2.24) is 0 Å². The molecule has 0 aromatic heterocycles. The first kappa shape index (κ1) is 9.33. The van der Waals surface area contributed by atoms with Crippen molar-refractivity contribution in [3.63, 3.8) is 0 Å². The maximum Gasteiger partial charge on any atom is 0.276 e. The van der Waals surface area contributed by atoms with E-state index in [9.17, 15) is 13.2 Å². The first-order valence-corrected chi connectivity index (χ1v) is 2.62. The molecule has 56 valence electrons. The summed E-state index contributed by atoms with van der Waals surface area (Å²) in [5.74, 6) is 0. The van der Waals surface area contributed by atoms with E-state index < -0.39 is 17.1 Å². The molecule has 0 spiro atoms. The standard InChI is InChI=1S/C3H3Cl2F3O/c4-3(5,1(6)7)2(8)9/h1-2,9H. The first-order valence-electron chi connectivity index (χ1n) is 1.87. The van der Waals surface area contributed by atoms with Gasteiger partial charge in [-0.2, -0.15) is 0 Å². The molecule has 1 N–H and O–H groups in total. The SMILES string of the molecule is OC(F)C(Cl)(Cl)C(F)F. The Labute approximate surface area is 59.4 Å². The summed E-state index contributed by atoms with van der Waals surface area (Å²) >= 11 is 9.19. The molecule has 0 radical (unpaired) electrons. The molecule has 6 heteroatoms. The van der Waals surface area contributed by atoms with Gasteiger partial charge in [0.2, 0.25) is 10.7 Å². The Kier molecular flexibility index (Phi) is 3.05. The van der Waals surface area contributed by atoms with Crippen molar-refractivity contribution in [3.05, 3.63) is 0 Å². The van der Waals surface area contributed by atoms with Crippen molar-refractivity contribution in [3.8, 4) is 0 Å². The molecule has 0 aromatic carbocycles. The number of halogens is 5. The number of alkyl halides is 5. The summed E-state index contributed by atoms with van der Waals surface area (Å²) in [6.07, 6.45) is -6.23. The van der Waals surface area contributed by atoms with E-state index in [1.807, 2.05) is 0 Å². The first-order chi connectivity index (χ1) is 3.89. The lowest BCUT2D eigenvalue weighted by Crippen LogP contribution is -2.34. The zero-order valence-electron chi connectivity index (χ0n) is 3.99. The maximum atomic E-state index is 11.5. The minimum Gasteiger partial charge on any atom is -0.362 e. The monoisotopic (exact) mass is 182 g/mol. The topological polar surface area (TPSA) is 20.2 Å². The Morgan fingerprint density at radius 1 is 1.22 bits per heavy atom. The van der Waals surface area contributed by atoms with E-state index in [1.165, 1.54) is 0 Å². The Balaban J connectivity index is 4.01. The van der Waals surface area contributed by atoms with Gasteiger partial charge in [-0.05, 0) is 0 Å². The molecular weight excluding hydrogens is 180 g/mol. The highest BCUT2D eigenvalue weighted by Gasteiger charge is 2.43. The lowest BCUT2D eigenvalue weighted by Gasteiger charge is -2.17. The summed E-state index contributed by atoms with van der Waals surface area (Å²) in [7, 11) is 0. The van der Waals surface area contributed by atoms with Crippen LogP contribution in [0.2, 0.25) is 0 Å². The van der Waals surface area contributed by atoms with Gasteiger partial charge in [-0.15, -0.1) is 0 Å². The van der Waals surface area contributed by atoms with E-state index in [2.05, 4.69) is 23.2 Å². The van der Waals surface area contributed by atoms with Crippen LogP contribution in [0.1, 0.15) is 0 Å². The fraction of sp³-hybridized carbons (Fsp3) is 1.00. The van der Waals surface area contributed by atoms with Crippen molar-refractivity contribution < 1.29 is 18.3 Å². The largest absolute Gasteiger partial charge is 0.362 e. The quantitative estimate of drug-likeness (QED) is 0.646. The zero-order chi connectivity index (χ0) is 7.65. The second-order valence-electron chi connectivity index (χ2n) is 1.31. The van der Waals surface area contributed by atoms with E-state index in [0.29, 0.717) is 0 Å². The van der Waals surface area contributed by atoms with Crippen LogP contribution in [-0.4, -0.2) is 22.2 Å². The summed E-state index contributed by atoms with van der Waals surface area (Å²) in [5, 5.41) is 7.84. The van der Waals surface area contributed by atoms with E-state index >= 15 is 0 Å². The molecular formula is C3H3Cl2F3O. The molecule has 1 nitrogen and oxygen atoms in total. The van der Waals surface area contributed by atoms with Gasteiger partial charge in [0, 0.05) is 0 Å². The molecule has 0 aliphatic rings. The van der Waals surface area contributed by atoms with Gasteiger partial charge in [0.15, 0.2) is 0 Å². The summed E-state index contributed by atoms with van der Waals surface area (Å²) in [4.78, 5) is 0. The fourth-order valence-corrected chi connectivity index (χ4v) is 0.104. The average molecular weight is 183 g/mol. The van der Waals surface area contributed by atoms with Gasteiger partial charge in [-0.1, -0.05) is 23.2 Å². The van der Waals surface area contributed by atoms with Crippen LogP contribution in [0.4, 0.5) is 13.2 Å². The predicted molar refractivity (Wildman–Crippen MR) is 27.6 cm³/mol. The van der Waals surface area contributed by atoms with Crippen LogP contribution in [0.15, 0.2) is 0 Å². The normalized spacial score (nSPS) is 16.3. The number of aliphatic hydroxyl groups is 1. The van der Waals surface area contributed by atoms with Gasteiger partial charge >= 0.3 is 0 Å². The maximum absolute atomic E-state index is 11.5. The minimum atomic E-state index is -3.30. The molecule has 0 aliphatic heterocycles. The molecule has 0 amide bonds. The highest BCUT2D eigenvalue weighted by Crippen LogP contribution is 2.32. The van der Waals surface area contributed by atoms with Crippen molar-refractivity contribution in [2.75, 3.05) is 0 Å². The van der Waals surface area contributed by atoms with Gasteiger partial charge in [0.05, 0.1) is 0 Å². The Morgan fingerprint density at radius 3 is 1.56 bits per heavy atom. The molecule has 0 rings (SSSR count). The third-order valence-corrected chi connectivity index (χ3v) is 1.30. The predicted octanol–water partition coefficient (Wildman–Crippen LogP) is 1.71. The van der Waals surface area contributed by atoms with Crippen LogP contribution in [0, 0.1) is 0 Å². The third kappa shape index (κ3) is 2.20. The van der Waals surface area contributed by atoms with Crippen LogP contribution in [0.25, 0.3) is 0 Å². The molecule has 0 aromatic rings. The molecule has 0 saturated carbocycles. The molecule has 1 unspecified atom stereocenters. The molecule has 1 atom stereocenters. The lowest BCUT2D eigenvalue weighted by atomic mass is 10.4. The smallest absolute Gasteiger partial charge is 0.276 e. The van der Waals surface area contributed by atoms with Gasteiger partial charge in [0.25, 0.3) is 6.43 Å². The Morgan fingerprint density at radius 2 is 1.56 bits per heavy atom. The van der Waals surface area contributed by atoms with Gasteiger partial charge in [-0.25, -0.2) is 13.2 Å². The second kappa shape index (κ2) is 2.94. The number of rotatable bonds is 2. The summed E-state index contributed by atoms with van der Waals surface area (Å²) in [5.41, 5.74) is 0. The molecule has 9 heavy (non-hydrogen) atoms. The van der Waals surface area contributed by atoms with Crippen molar-refractivity contribution in [2.45, 2.75) is 17.1 Å². The third-order valence-electron chi connectivity index (χ3n) is 0.609. The van der Waals surface area contributed by atoms with Crippen molar-refractivity contribution in [2.24, 2.45) is 0 Å². The zero-order valence-corrected chi connectivity index (χ0v) is 5.50. The average Bonchev–Trinajstić information content (AvgIpc) is 1.65. The molecule has 0 fully saturated rings. The minimum absolute atomic E-state index is 2.93. The van der Waals surface area contributed by atoms with E-state index in [-0.39, 0.29) is 0 Å². The number of hydrogen-bond acceptors (Lipinski definition) is 1.